The molecule has 1 heterocycles. The van der Waals surface area contributed by atoms with E-state index in [1.807, 2.05) is 31.0 Å². The Kier molecular flexibility index (Phi) is 5.03. The second-order valence-corrected chi connectivity index (χ2v) is 5.95. The summed E-state index contributed by atoms with van der Waals surface area (Å²) in [5.41, 5.74) is 6.79. The molecule has 0 fully saturated rings. The van der Waals surface area contributed by atoms with Crippen molar-refractivity contribution in [2.75, 3.05) is 24.2 Å². The van der Waals surface area contributed by atoms with E-state index in [0.717, 1.165) is 17.2 Å². The maximum absolute atomic E-state index is 12.2. The highest BCUT2D eigenvalue weighted by atomic mass is 35.5. The highest BCUT2D eigenvalue weighted by molar-refractivity contribution is 7.18. The summed E-state index contributed by atoms with van der Waals surface area (Å²) in [7, 11) is 1.91. The number of hydrogen-bond donors (Lipinski definition) is 2. The summed E-state index contributed by atoms with van der Waals surface area (Å²) in [6.45, 7) is 3.24. The summed E-state index contributed by atoms with van der Waals surface area (Å²) in [4.78, 5) is 18.8. The Morgan fingerprint density at radius 3 is 2.71 bits per heavy atom. The van der Waals surface area contributed by atoms with Crippen molar-refractivity contribution < 1.29 is 4.79 Å². The van der Waals surface area contributed by atoms with E-state index in [4.69, 9.17) is 17.3 Å². The van der Waals surface area contributed by atoms with Crippen LogP contribution in [0.1, 0.15) is 22.2 Å². The monoisotopic (exact) mass is 324 g/mol. The quantitative estimate of drug-likeness (QED) is 0.887. The van der Waals surface area contributed by atoms with Crippen LogP contribution in [-0.2, 0) is 6.54 Å². The maximum atomic E-state index is 12.2. The molecule has 0 aliphatic carbocycles. The predicted molar refractivity (Wildman–Crippen MR) is 88.1 cm³/mol. The van der Waals surface area contributed by atoms with Crippen LogP contribution < -0.4 is 16.0 Å². The molecule has 0 atom stereocenters. The van der Waals surface area contributed by atoms with Gasteiger partial charge in [0.1, 0.15) is 10.7 Å². The molecule has 5 nitrogen and oxygen atoms in total. The molecule has 0 unspecified atom stereocenters. The zero-order valence-corrected chi connectivity index (χ0v) is 13.5. The third kappa shape index (κ3) is 3.86. The molecule has 1 aromatic carbocycles. The van der Waals surface area contributed by atoms with E-state index in [1.165, 1.54) is 11.3 Å². The molecule has 21 heavy (non-hydrogen) atoms. The van der Waals surface area contributed by atoms with Crippen LogP contribution in [0.4, 0.5) is 10.9 Å². The number of nitrogens with two attached hydrogens (primary N) is 1. The van der Waals surface area contributed by atoms with Gasteiger partial charge in [-0.15, -0.1) is 0 Å². The van der Waals surface area contributed by atoms with E-state index in [9.17, 15) is 4.79 Å². The molecule has 0 aliphatic rings. The minimum atomic E-state index is -0.212. The van der Waals surface area contributed by atoms with Crippen molar-refractivity contribution in [2.24, 2.45) is 0 Å². The number of anilines is 2. The van der Waals surface area contributed by atoms with Gasteiger partial charge in [0.05, 0.1) is 0 Å². The van der Waals surface area contributed by atoms with Crippen LogP contribution >= 0.6 is 22.9 Å². The van der Waals surface area contributed by atoms with E-state index in [2.05, 4.69) is 10.3 Å². The Morgan fingerprint density at radius 1 is 1.43 bits per heavy atom. The molecular weight excluding hydrogens is 308 g/mol. The van der Waals surface area contributed by atoms with Crippen LogP contribution in [0, 0.1) is 0 Å². The number of thiazole rings is 1. The molecule has 2 rings (SSSR count). The SMILES string of the molecule is CCN(C)c1nc(N)c(C(=O)NCc2ccc(Cl)cc2)s1. The molecule has 0 bridgehead atoms. The molecule has 1 amide bonds. The van der Waals surface area contributed by atoms with E-state index < -0.39 is 0 Å². The topological polar surface area (TPSA) is 71.2 Å². The van der Waals surface area contributed by atoms with E-state index >= 15 is 0 Å². The first kappa shape index (κ1) is 15.6. The van der Waals surface area contributed by atoms with Gasteiger partial charge in [-0.05, 0) is 24.6 Å². The number of rotatable bonds is 5. The molecule has 0 saturated heterocycles. The first-order valence-corrected chi connectivity index (χ1v) is 7.70. The number of nitrogens with zero attached hydrogens (tertiary/aromatic N) is 2. The Bertz CT molecular complexity index is 626. The van der Waals surface area contributed by atoms with Gasteiger partial charge in [0.15, 0.2) is 5.13 Å². The summed E-state index contributed by atoms with van der Waals surface area (Å²) >= 11 is 7.12. The van der Waals surface area contributed by atoms with Gasteiger partial charge in [-0.25, -0.2) is 4.98 Å². The largest absolute Gasteiger partial charge is 0.382 e. The average Bonchev–Trinajstić information content (AvgIpc) is 2.87. The summed E-state index contributed by atoms with van der Waals surface area (Å²) < 4.78 is 0. The minimum Gasteiger partial charge on any atom is -0.382 e. The third-order valence-electron chi connectivity index (χ3n) is 3.02. The Morgan fingerprint density at radius 2 is 2.10 bits per heavy atom. The highest BCUT2D eigenvalue weighted by Crippen LogP contribution is 2.27. The Hall–Kier alpha value is -1.79. The summed E-state index contributed by atoms with van der Waals surface area (Å²) in [6, 6.07) is 7.32. The van der Waals surface area contributed by atoms with Gasteiger partial charge in [0.2, 0.25) is 0 Å². The summed E-state index contributed by atoms with van der Waals surface area (Å²) in [6.07, 6.45) is 0. The lowest BCUT2D eigenvalue weighted by molar-refractivity contribution is 0.0955. The zero-order chi connectivity index (χ0) is 15.4. The van der Waals surface area contributed by atoms with Crippen molar-refractivity contribution in [2.45, 2.75) is 13.5 Å². The van der Waals surface area contributed by atoms with E-state index in [-0.39, 0.29) is 11.7 Å². The second kappa shape index (κ2) is 6.78. The minimum absolute atomic E-state index is 0.212. The maximum Gasteiger partial charge on any atom is 0.265 e. The average molecular weight is 325 g/mol. The zero-order valence-electron chi connectivity index (χ0n) is 11.9. The molecule has 0 saturated carbocycles. The highest BCUT2D eigenvalue weighted by Gasteiger charge is 2.17. The van der Waals surface area contributed by atoms with Gasteiger partial charge >= 0.3 is 0 Å². The Balaban J connectivity index is 2.03. The van der Waals surface area contributed by atoms with Gasteiger partial charge in [-0.1, -0.05) is 35.1 Å². The van der Waals surface area contributed by atoms with Crippen molar-refractivity contribution in [3.63, 3.8) is 0 Å². The number of hydrogen-bond acceptors (Lipinski definition) is 5. The van der Waals surface area contributed by atoms with Crippen LogP contribution in [0.3, 0.4) is 0 Å². The van der Waals surface area contributed by atoms with Gasteiger partial charge in [-0.2, -0.15) is 0 Å². The van der Waals surface area contributed by atoms with Crippen molar-refractivity contribution >= 4 is 39.8 Å². The number of halogens is 1. The van der Waals surface area contributed by atoms with Crippen LogP contribution in [0.15, 0.2) is 24.3 Å². The van der Waals surface area contributed by atoms with Gasteiger partial charge in [0.25, 0.3) is 5.91 Å². The number of nitrogen functional groups attached to an aromatic ring is 1. The van der Waals surface area contributed by atoms with Crippen molar-refractivity contribution in [3.05, 3.63) is 39.7 Å². The molecule has 0 aliphatic heterocycles. The van der Waals surface area contributed by atoms with Gasteiger partial charge < -0.3 is 16.0 Å². The lowest BCUT2D eigenvalue weighted by atomic mass is 10.2. The first-order valence-electron chi connectivity index (χ1n) is 6.51. The Labute approximate surface area is 132 Å². The molecule has 0 radical (unpaired) electrons. The van der Waals surface area contributed by atoms with Crippen LogP contribution in [0.5, 0.6) is 0 Å². The molecule has 1 aromatic heterocycles. The normalized spacial score (nSPS) is 10.4. The number of carbonyl (C=O) groups is 1. The first-order chi connectivity index (χ1) is 10.0. The lowest BCUT2D eigenvalue weighted by Gasteiger charge is -2.10. The van der Waals surface area contributed by atoms with Crippen LogP contribution in [0.25, 0.3) is 0 Å². The standard InChI is InChI=1S/C14H17ClN4OS/c1-3-19(2)14-18-12(16)11(21-14)13(20)17-8-9-4-6-10(15)7-5-9/h4-7H,3,8,16H2,1-2H3,(H,17,20). The molecule has 112 valence electrons. The molecule has 0 spiro atoms. The predicted octanol–water partition coefficient (Wildman–Crippen LogP) is 2.76. The smallest absolute Gasteiger partial charge is 0.265 e. The number of nitrogens with one attached hydrogen (secondary N) is 1. The molecular formula is C14H17ClN4OS. The fraction of sp³-hybridized carbons (Fsp3) is 0.286. The van der Waals surface area contributed by atoms with Crippen molar-refractivity contribution in [1.82, 2.24) is 10.3 Å². The summed E-state index contributed by atoms with van der Waals surface area (Å²) in [5, 5.41) is 4.25. The van der Waals surface area contributed by atoms with Gasteiger partial charge in [0, 0.05) is 25.2 Å². The fourth-order valence-electron chi connectivity index (χ4n) is 1.65. The van der Waals surface area contributed by atoms with Crippen LogP contribution in [0.2, 0.25) is 5.02 Å². The molecule has 2 aromatic rings. The number of benzene rings is 1. The number of aromatic nitrogens is 1. The summed E-state index contributed by atoms with van der Waals surface area (Å²) in [5.74, 6) is 0.0552. The fourth-order valence-corrected chi connectivity index (χ4v) is 2.70. The van der Waals surface area contributed by atoms with Crippen molar-refractivity contribution in [1.29, 1.82) is 0 Å². The number of carbonyl (C=O) groups excluding carboxylic acids is 1. The van der Waals surface area contributed by atoms with E-state index in [1.54, 1.807) is 12.1 Å². The molecule has 7 heteroatoms. The second-order valence-electron chi connectivity index (χ2n) is 4.53. The van der Waals surface area contributed by atoms with Gasteiger partial charge in [-0.3, -0.25) is 4.79 Å². The van der Waals surface area contributed by atoms with Crippen LogP contribution in [-0.4, -0.2) is 24.5 Å². The lowest BCUT2D eigenvalue weighted by Crippen LogP contribution is -2.22. The van der Waals surface area contributed by atoms with Crippen molar-refractivity contribution in [3.8, 4) is 0 Å². The van der Waals surface area contributed by atoms with E-state index in [0.29, 0.717) is 16.4 Å². The number of amides is 1. The molecule has 3 N–H and O–H groups in total. The third-order valence-corrected chi connectivity index (χ3v) is 4.45.